The molecule has 0 fully saturated rings. The summed E-state index contributed by atoms with van der Waals surface area (Å²) in [4.78, 5) is 15.5. The summed E-state index contributed by atoms with van der Waals surface area (Å²) in [5, 5.41) is 5.03. The Morgan fingerprint density at radius 1 is 1.25 bits per heavy atom. The summed E-state index contributed by atoms with van der Waals surface area (Å²) in [6.07, 6.45) is 0. The maximum absolute atomic E-state index is 12.2. The van der Waals surface area contributed by atoms with Crippen molar-refractivity contribution in [2.45, 2.75) is 26.8 Å². The minimum atomic E-state index is -0.0993. The molecule has 2 aromatic rings. The van der Waals surface area contributed by atoms with E-state index in [1.807, 2.05) is 34.0 Å². The largest absolute Gasteiger partial charge is 0.483 e. The molecule has 1 amide bonds. The number of thiophene rings is 1. The van der Waals surface area contributed by atoms with Gasteiger partial charge in [-0.25, -0.2) is 0 Å². The van der Waals surface area contributed by atoms with Crippen molar-refractivity contribution in [2.75, 3.05) is 27.2 Å². The second kappa shape index (κ2) is 8.31. The van der Waals surface area contributed by atoms with E-state index in [1.54, 1.807) is 11.3 Å². The Morgan fingerprint density at radius 3 is 2.46 bits per heavy atom. The number of nitrogens with zero attached hydrogens (tertiary/aromatic N) is 1. The van der Waals surface area contributed by atoms with Gasteiger partial charge in [-0.05, 0) is 57.4 Å². The highest BCUT2D eigenvalue weighted by atomic mass is 32.1. The number of aryl methyl sites for hydroxylation is 3. The predicted molar refractivity (Wildman–Crippen MR) is 99.9 cm³/mol. The van der Waals surface area contributed by atoms with Gasteiger partial charge in [-0.1, -0.05) is 23.8 Å². The third-order valence-corrected chi connectivity index (χ3v) is 4.91. The SMILES string of the molecule is Cc1cc(C)c(OCC(=O)NC[C@H](c2cccs2)N(C)C)c(C)c1. The number of rotatable bonds is 7. The molecule has 1 N–H and O–H groups in total. The molecular weight excluding hydrogens is 320 g/mol. The summed E-state index contributed by atoms with van der Waals surface area (Å²) in [7, 11) is 4.04. The molecule has 1 aromatic carbocycles. The third kappa shape index (κ3) is 4.82. The summed E-state index contributed by atoms with van der Waals surface area (Å²) >= 11 is 1.70. The topological polar surface area (TPSA) is 41.6 Å². The lowest BCUT2D eigenvalue weighted by molar-refractivity contribution is -0.123. The Labute approximate surface area is 148 Å². The number of carbonyl (C=O) groups excluding carboxylic acids is 1. The molecule has 0 saturated carbocycles. The summed E-state index contributed by atoms with van der Waals surface area (Å²) < 4.78 is 5.74. The molecule has 0 radical (unpaired) electrons. The van der Waals surface area contributed by atoms with Crippen molar-refractivity contribution in [3.63, 3.8) is 0 Å². The summed E-state index contributed by atoms with van der Waals surface area (Å²) in [6.45, 7) is 6.68. The average molecular weight is 346 g/mol. The summed E-state index contributed by atoms with van der Waals surface area (Å²) in [5.41, 5.74) is 3.32. The van der Waals surface area contributed by atoms with Crippen molar-refractivity contribution >= 4 is 17.2 Å². The van der Waals surface area contributed by atoms with Gasteiger partial charge >= 0.3 is 0 Å². The van der Waals surface area contributed by atoms with Crippen LogP contribution in [0.1, 0.15) is 27.6 Å². The lowest BCUT2D eigenvalue weighted by Gasteiger charge is -2.23. The van der Waals surface area contributed by atoms with Gasteiger partial charge in [0, 0.05) is 11.4 Å². The molecule has 4 nitrogen and oxygen atoms in total. The number of hydrogen-bond acceptors (Lipinski definition) is 4. The second-order valence-electron chi connectivity index (χ2n) is 6.32. The Balaban J connectivity index is 1.90. The monoisotopic (exact) mass is 346 g/mol. The van der Waals surface area contributed by atoms with Crippen LogP contribution >= 0.6 is 11.3 Å². The molecule has 24 heavy (non-hydrogen) atoms. The molecule has 0 bridgehead atoms. The first-order valence-corrected chi connectivity index (χ1v) is 8.93. The van der Waals surface area contributed by atoms with E-state index < -0.39 is 0 Å². The number of amides is 1. The van der Waals surface area contributed by atoms with Crippen LogP contribution in [0, 0.1) is 20.8 Å². The third-order valence-electron chi connectivity index (χ3n) is 3.94. The summed E-state index contributed by atoms with van der Waals surface area (Å²) in [5.74, 6) is 0.705. The predicted octanol–water partition coefficient (Wildman–Crippen LogP) is 3.47. The average Bonchev–Trinajstić information content (AvgIpc) is 3.00. The fourth-order valence-electron chi connectivity index (χ4n) is 2.81. The molecule has 5 heteroatoms. The standard InChI is InChI=1S/C19H26N2O2S/c1-13-9-14(2)19(15(3)10-13)23-12-18(22)20-11-16(21(4)5)17-7-6-8-24-17/h6-10,16H,11-12H2,1-5H3,(H,20,22)/t16-/m1/s1. The fourth-order valence-corrected chi connectivity index (χ4v) is 3.73. The zero-order valence-electron chi connectivity index (χ0n) is 15.1. The molecule has 1 heterocycles. The van der Waals surface area contributed by atoms with E-state index in [9.17, 15) is 4.79 Å². The first-order chi connectivity index (χ1) is 11.4. The van der Waals surface area contributed by atoms with Crippen molar-refractivity contribution in [3.05, 3.63) is 51.2 Å². The maximum atomic E-state index is 12.2. The van der Waals surface area contributed by atoms with Gasteiger partial charge in [0.25, 0.3) is 5.91 Å². The Hall–Kier alpha value is -1.85. The first-order valence-electron chi connectivity index (χ1n) is 8.05. The smallest absolute Gasteiger partial charge is 0.258 e. The maximum Gasteiger partial charge on any atom is 0.258 e. The Bertz CT molecular complexity index is 658. The molecule has 2 rings (SSSR count). The van der Waals surface area contributed by atoms with Crippen molar-refractivity contribution in [1.82, 2.24) is 10.2 Å². The van der Waals surface area contributed by atoms with Crippen molar-refractivity contribution in [2.24, 2.45) is 0 Å². The Morgan fingerprint density at radius 2 is 1.92 bits per heavy atom. The van der Waals surface area contributed by atoms with E-state index in [0.717, 1.165) is 16.9 Å². The van der Waals surface area contributed by atoms with Crippen LogP contribution in [0.4, 0.5) is 0 Å². The molecule has 0 unspecified atom stereocenters. The van der Waals surface area contributed by atoms with E-state index in [2.05, 4.69) is 40.7 Å². The van der Waals surface area contributed by atoms with Gasteiger partial charge in [0.2, 0.25) is 0 Å². The molecule has 1 aromatic heterocycles. The van der Waals surface area contributed by atoms with Crippen LogP contribution < -0.4 is 10.1 Å². The second-order valence-corrected chi connectivity index (χ2v) is 7.29. The van der Waals surface area contributed by atoms with E-state index in [4.69, 9.17) is 4.74 Å². The number of benzene rings is 1. The van der Waals surface area contributed by atoms with E-state index in [-0.39, 0.29) is 18.6 Å². The van der Waals surface area contributed by atoms with Crippen LogP contribution in [-0.4, -0.2) is 38.1 Å². The van der Waals surface area contributed by atoms with Crippen LogP contribution in [0.5, 0.6) is 5.75 Å². The van der Waals surface area contributed by atoms with Crippen LogP contribution in [0.15, 0.2) is 29.6 Å². The van der Waals surface area contributed by atoms with E-state index in [0.29, 0.717) is 6.54 Å². The number of hydrogen-bond donors (Lipinski definition) is 1. The first kappa shape index (κ1) is 18.5. The number of likely N-dealkylation sites (N-methyl/N-ethyl adjacent to an activating group) is 1. The molecule has 0 aliphatic rings. The zero-order valence-corrected chi connectivity index (χ0v) is 15.9. The van der Waals surface area contributed by atoms with Crippen molar-refractivity contribution in [1.29, 1.82) is 0 Å². The van der Waals surface area contributed by atoms with Crippen LogP contribution in [0.3, 0.4) is 0 Å². The number of ether oxygens (including phenoxy) is 1. The van der Waals surface area contributed by atoms with Crippen LogP contribution in [-0.2, 0) is 4.79 Å². The fraction of sp³-hybridized carbons (Fsp3) is 0.421. The zero-order chi connectivity index (χ0) is 17.7. The molecule has 0 aliphatic heterocycles. The minimum Gasteiger partial charge on any atom is -0.483 e. The van der Waals surface area contributed by atoms with E-state index >= 15 is 0 Å². The highest BCUT2D eigenvalue weighted by Crippen LogP contribution is 2.24. The lowest BCUT2D eigenvalue weighted by Crippen LogP contribution is -2.36. The molecule has 1 atom stereocenters. The highest BCUT2D eigenvalue weighted by Gasteiger charge is 2.16. The van der Waals surface area contributed by atoms with Crippen molar-refractivity contribution in [3.8, 4) is 5.75 Å². The Kier molecular flexibility index (Phi) is 6.40. The van der Waals surface area contributed by atoms with Gasteiger partial charge in [0.15, 0.2) is 6.61 Å². The highest BCUT2D eigenvalue weighted by molar-refractivity contribution is 7.10. The van der Waals surface area contributed by atoms with Gasteiger partial charge in [-0.2, -0.15) is 0 Å². The van der Waals surface area contributed by atoms with Gasteiger partial charge < -0.3 is 15.0 Å². The summed E-state index contributed by atoms with van der Waals surface area (Å²) in [6, 6.07) is 8.44. The molecular formula is C19H26N2O2S. The van der Waals surface area contributed by atoms with Crippen LogP contribution in [0.2, 0.25) is 0 Å². The molecule has 130 valence electrons. The van der Waals surface area contributed by atoms with Gasteiger partial charge in [-0.15, -0.1) is 11.3 Å². The number of nitrogens with one attached hydrogen (secondary N) is 1. The minimum absolute atomic E-state index is 0.0370. The quantitative estimate of drug-likeness (QED) is 0.835. The molecule has 0 saturated heterocycles. The molecule has 0 aliphatic carbocycles. The van der Waals surface area contributed by atoms with Crippen LogP contribution in [0.25, 0.3) is 0 Å². The van der Waals surface area contributed by atoms with E-state index in [1.165, 1.54) is 10.4 Å². The van der Waals surface area contributed by atoms with Crippen molar-refractivity contribution < 1.29 is 9.53 Å². The van der Waals surface area contributed by atoms with Gasteiger partial charge in [0.05, 0.1) is 6.04 Å². The molecule has 0 spiro atoms. The normalized spacial score (nSPS) is 12.2. The lowest BCUT2D eigenvalue weighted by atomic mass is 10.1. The van der Waals surface area contributed by atoms with Gasteiger partial charge in [-0.3, -0.25) is 4.79 Å². The number of carbonyl (C=O) groups is 1. The van der Waals surface area contributed by atoms with Gasteiger partial charge in [0.1, 0.15) is 5.75 Å².